The number of methoxy groups -OCH3 is 1. The van der Waals surface area contributed by atoms with Crippen molar-refractivity contribution in [2.24, 2.45) is 5.41 Å². The zero-order valence-corrected chi connectivity index (χ0v) is 18.3. The smallest absolute Gasteiger partial charge is 0.313 e. The van der Waals surface area contributed by atoms with Gasteiger partial charge < -0.3 is 14.5 Å². The van der Waals surface area contributed by atoms with Gasteiger partial charge in [-0.15, -0.1) is 0 Å². The molecular formula is C22H23ClF3N3O3. The van der Waals surface area contributed by atoms with Gasteiger partial charge in [0.2, 0.25) is 0 Å². The number of ether oxygens (including phenoxy) is 1. The van der Waals surface area contributed by atoms with E-state index in [1.165, 1.54) is 13.2 Å². The van der Waals surface area contributed by atoms with E-state index < -0.39 is 28.1 Å². The maximum absolute atomic E-state index is 14.6. The second-order valence-corrected chi connectivity index (χ2v) is 8.83. The van der Waals surface area contributed by atoms with Crippen molar-refractivity contribution in [2.45, 2.75) is 25.7 Å². The number of benzene rings is 2. The van der Waals surface area contributed by atoms with Gasteiger partial charge in [0.1, 0.15) is 11.6 Å². The van der Waals surface area contributed by atoms with Gasteiger partial charge in [0.25, 0.3) is 0 Å². The average molecular weight is 470 g/mol. The maximum atomic E-state index is 14.6. The molecule has 0 atom stereocenters. The maximum Gasteiger partial charge on any atom is 0.313 e. The van der Waals surface area contributed by atoms with Crippen LogP contribution in [0.1, 0.15) is 25.7 Å². The number of anilines is 2. The van der Waals surface area contributed by atoms with Crippen LogP contribution in [0.5, 0.6) is 5.75 Å². The topological polar surface area (TPSA) is 58.8 Å². The highest BCUT2D eigenvalue weighted by Crippen LogP contribution is 2.44. The van der Waals surface area contributed by atoms with E-state index in [0.29, 0.717) is 31.9 Å². The fourth-order valence-electron chi connectivity index (χ4n) is 4.78. The third-order valence-corrected chi connectivity index (χ3v) is 7.05. The molecule has 2 aromatic carbocycles. The van der Waals surface area contributed by atoms with Crippen molar-refractivity contribution in [1.82, 2.24) is 0 Å². The van der Waals surface area contributed by atoms with E-state index in [1.54, 1.807) is 0 Å². The monoisotopic (exact) mass is 469 g/mol. The Labute approximate surface area is 188 Å². The third-order valence-electron chi connectivity index (χ3n) is 6.76. The minimum Gasteiger partial charge on any atom is -0.490 e. The lowest BCUT2D eigenvalue weighted by Gasteiger charge is -2.48. The summed E-state index contributed by atoms with van der Waals surface area (Å²) < 4.78 is 47.8. The largest absolute Gasteiger partial charge is 0.490 e. The highest BCUT2D eigenvalue weighted by atomic mass is 35.5. The number of hydrogen-bond acceptors (Lipinski definition) is 5. The third kappa shape index (κ3) is 4.18. The van der Waals surface area contributed by atoms with Crippen LogP contribution in [-0.2, 0) is 0 Å². The summed E-state index contributed by atoms with van der Waals surface area (Å²) in [7, 11) is 1.32. The molecular weight excluding hydrogens is 447 g/mol. The Morgan fingerprint density at radius 2 is 1.41 bits per heavy atom. The standard InChI is InChI=1S/C22H23ClF3N3O3/c1-32-21-13-19(17(26)12-20(21)29(30)31)28-8-4-22(5-9-28)2-6-27(7-3-22)18-11-15(24)14(23)10-16(18)25/h10-13H,2-9H2,1H3. The first-order valence-electron chi connectivity index (χ1n) is 10.4. The normalized spacial score (nSPS) is 18.2. The van der Waals surface area contributed by atoms with E-state index in [-0.39, 0.29) is 21.9 Å². The van der Waals surface area contributed by atoms with Crippen molar-refractivity contribution in [1.29, 1.82) is 0 Å². The molecule has 0 aromatic heterocycles. The van der Waals surface area contributed by atoms with Crippen LogP contribution in [0.25, 0.3) is 0 Å². The Bertz CT molecular complexity index is 1030. The highest BCUT2D eigenvalue weighted by molar-refractivity contribution is 6.30. The van der Waals surface area contributed by atoms with Gasteiger partial charge in [-0.1, -0.05) is 11.6 Å². The van der Waals surface area contributed by atoms with Crippen molar-refractivity contribution >= 4 is 28.7 Å². The molecule has 0 saturated carbocycles. The number of rotatable bonds is 4. The molecule has 0 aliphatic carbocycles. The summed E-state index contributed by atoms with van der Waals surface area (Å²) in [6.07, 6.45) is 3.27. The van der Waals surface area contributed by atoms with Gasteiger partial charge in [0.15, 0.2) is 11.6 Å². The first kappa shape index (κ1) is 22.5. The molecule has 0 unspecified atom stereocenters. The van der Waals surface area contributed by atoms with Crippen LogP contribution in [0.3, 0.4) is 0 Å². The first-order chi connectivity index (χ1) is 15.2. The van der Waals surface area contributed by atoms with Gasteiger partial charge in [-0.3, -0.25) is 10.1 Å². The van der Waals surface area contributed by atoms with Crippen molar-refractivity contribution < 1.29 is 22.8 Å². The van der Waals surface area contributed by atoms with Crippen LogP contribution in [-0.4, -0.2) is 38.2 Å². The van der Waals surface area contributed by atoms with Gasteiger partial charge >= 0.3 is 5.69 Å². The molecule has 6 nitrogen and oxygen atoms in total. The highest BCUT2D eigenvalue weighted by Gasteiger charge is 2.39. The van der Waals surface area contributed by atoms with Crippen LogP contribution >= 0.6 is 11.6 Å². The van der Waals surface area contributed by atoms with Gasteiger partial charge in [0.05, 0.1) is 34.5 Å². The summed E-state index contributed by atoms with van der Waals surface area (Å²) in [5.41, 5.74) is 0.161. The van der Waals surface area contributed by atoms with E-state index in [2.05, 4.69) is 0 Å². The summed E-state index contributed by atoms with van der Waals surface area (Å²) in [5, 5.41) is 10.9. The molecule has 2 fully saturated rings. The lowest BCUT2D eigenvalue weighted by molar-refractivity contribution is -0.385. The summed E-state index contributed by atoms with van der Waals surface area (Å²) in [6.45, 7) is 2.39. The molecule has 10 heteroatoms. The molecule has 32 heavy (non-hydrogen) atoms. The lowest BCUT2D eigenvalue weighted by atomic mass is 9.71. The molecule has 4 rings (SSSR count). The Kier molecular flexibility index (Phi) is 6.11. The Morgan fingerprint density at radius 3 is 1.91 bits per heavy atom. The molecule has 0 radical (unpaired) electrons. The van der Waals surface area contributed by atoms with Gasteiger partial charge in [0, 0.05) is 38.3 Å². The second kappa shape index (κ2) is 8.69. The number of nitro groups is 1. The number of piperidine rings is 2. The van der Waals surface area contributed by atoms with Crippen LogP contribution in [0, 0.1) is 33.0 Å². The van der Waals surface area contributed by atoms with Crippen molar-refractivity contribution in [2.75, 3.05) is 43.1 Å². The number of nitro benzene ring substituents is 1. The van der Waals surface area contributed by atoms with Crippen LogP contribution in [0.2, 0.25) is 5.02 Å². The SMILES string of the molecule is COc1cc(N2CCC3(CCN(c4cc(F)c(Cl)cc4F)CC3)CC2)c(F)cc1[N+](=O)[O-]. The fourth-order valence-corrected chi connectivity index (χ4v) is 4.93. The zero-order valence-electron chi connectivity index (χ0n) is 17.5. The van der Waals surface area contributed by atoms with E-state index in [9.17, 15) is 23.3 Å². The quantitative estimate of drug-likeness (QED) is 0.333. The predicted octanol–water partition coefficient (Wildman–Crippen LogP) is 5.56. The van der Waals surface area contributed by atoms with E-state index in [0.717, 1.165) is 43.9 Å². The second-order valence-electron chi connectivity index (χ2n) is 8.42. The molecule has 0 amide bonds. The summed E-state index contributed by atoms with van der Waals surface area (Å²) in [5.74, 6) is -1.80. The van der Waals surface area contributed by atoms with E-state index in [1.807, 2.05) is 9.80 Å². The zero-order chi connectivity index (χ0) is 23.0. The van der Waals surface area contributed by atoms with Gasteiger partial charge in [-0.25, -0.2) is 13.2 Å². The minimum atomic E-state index is -0.667. The molecule has 2 aliphatic heterocycles. The number of halogens is 4. The summed E-state index contributed by atoms with van der Waals surface area (Å²) in [6, 6.07) is 4.42. The van der Waals surface area contributed by atoms with Crippen LogP contribution < -0.4 is 14.5 Å². The summed E-state index contributed by atoms with van der Waals surface area (Å²) >= 11 is 5.65. The van der Waals surface area contributed by atoms with Crippen LogP contribution in [0.15, 0.2) is 24.3 Å². The average Bonchev–Trinajstić information content (AvgIpc) is 2.77. The molecule has 2 heterocycles. The number of nitrogens with zero attached hydrogens (tertiary/aromatic N) is 3. The molecule has 2 aliphatic rings. The Hall–Kier alpha value is -2.68. The molecule has 0 N–H and O–H groups in total. The Morgan fingerprint density at radius 1 is 0.906 bits per heavy atom. The fraction of sp³-hybridized carbons (Fsp3) is 0.455. The molecule has 2 aromatic rings. The Balaban J connectivity index is 1.43. The summed E-state index contributed by atoms with van der Waals surface area (Å²) in [4.78, 5) is 14.2. The van der Waals surface area contributed by atoms with Gasteiger partial charge in [-0.05, 0) is 37.2 Å². The number of hydrogen-bond donors (Lipinski definition) is 0. The van der Waals surface area contributed by atoms with Crippen molar-refractivity contribution in [3.8, 4) is 5.75 Å². The van der Waals surface area contributed by atoms with E-state index in [4.69, 9.17) is 16.3 Å². The van der Waals surface area contributed by atoms with Crippen molar-refractivity contribution in [3.63, 3.8) is 0 Å². The molecule has 172 valence electrons. The minimum absolute atomic E-state index is 0.0252. The predicted molar refractivity (Wildman–Crippen MR) is 116 cm³/mol. The van der Waals surface area contributed by atoms with E-state index >= 15 is 0 Å². The lowest BCUT2D eigenvalue weighted by Crippen LogP contribution is -2.47. The molecule has 2 saturated heterocycles. The molecule has 0 bridgehead atoms. The van der Waals surface area contributed by atoms with Crippen molar-refractivity contribution in [3.05, 3.63) is 56.9 Å². The molecule has 1 spiro atoms. The van der Waals surface area contributed by atoms with Crippen LogP contribution in [0.4, 0.5) is 30.2 Å². The van der Waals surface area contributed by atoms with Gasteiger partial charge in [-0.2, -0.15) is 0 Å². The first-order valence-corrected chi connectivity index (χ1v) is 10.8.